The number of rotatable bonds is 6. The summed E-state index contributed by atoms with van der Waals surface area (Å²) < 4.78 is 0. The standard InChI is InChI=1S/C19H26N2O4/c1-14(22)20-16(15-9-5-4-6-10-15)13-17(23)21-19(18(24)25)11-7-2-3-8-12-19/h4-6,9-10,16H,2-3,7-8,11-13H2,1H3,(H,20,22)(H,21,23)(H,24,25). The van der Waals surface area contributed by atoms with Crippen LogP contribution in [0.1, 0.15) is 63.5 Å². The minimum atomic E-state index is -1.19. The van der Waals surface area contributed by atoms with Gasteiger partial charge >= 0.3 is 5.97 Å². The predicted octanol–water partition coefficient (Wildman–Crippen LogP) is 2.55. The fraction of sp³-hybridized carbons (Fsp3) is 0.526. The molecule has 0 heterocycles. The van der Waals surface area contributed by atoms with E-state index in [4.69, 9.17) is 0 Å². The molecule has 0 spiro atoms. The average Bonchev–Trinajstić information content (AvgIpc) is 2.81. The van der Waals surface area contributed by atoms with Crippen LogP contribution >= 0.6 is 0 Å². The van der Waals surface area contributed by atoms with Gasteiger partial charge in [0.25, 0.3) is 0 Å². The Bertz CT molecular complexity index is 607. The fourth-order valence-corrected chi connectivity index (χ4v) is 3.41. The molecular formula is C19H26N2O4. The first-order chi connectivity index (χ1) is 11.9. The Hall–Kier alpha value is -2.37. The summed E-state index contributed by atoms with van der Waals surface area (Å²) in [6, 6.07) is 8.74. The second-order valence-electron chi connectivity index (χ2n) is 6.72. The molecule has 0 aromatic heterocycles. The molecule has 0 aliphatic heterocycles. The van der Waals surface area contributed by atoms with Crippen molar-refractivity contribution < 1.29 is 19.5 Å². The molecule has 0 radical (unpaired) electrons. The highest BCUT2D eigenvalue weighted by atomic mass is 16.4. The van der Waals surface area contributed by atoms with Crippen LogP contribution in [-0.4, -0.2) is 28.4 Å². The van der Waals surface area contributed by atoms with Crippen molar-refractivity contribution in [2.45, 2.75) is 63.5 Å². The molecule has 1 atom stereocenters. The van der Waals surface area contributed by atoms with Crippen LogP contribution in [0.4, 0.5) is 0 Å². The highest BCUT2D eigenvalue weighted by Gasteiger charge is 2.40. The second-order valence-corrected chi connectivity index (χ2v) is 6.72. The Balaban J connectivity index is 2.11. The largest absolute Gasteiger partial charge is 0.480 e. The number of carboxylic acids is 1. The molecule has 2 rings (SSSR count). The van der Waals surface area contributed by atoms with Gasteiger partial charge in [-0.15, -0.1) is 0 Å². The Morgan fingerprint density at radius 2 is 1.68 bits per heavy atom. The minimum absolute atomic E-state index is 0.0125. The van der Waals surface area contributed by atoms with Gasteiger partial charge in [0, 0.05) is 6.92 Å². The molecule has 2 amide bonds. The van der Waals surface area contributed by atoms with Gasteiger partial charge in [-0.25, -0.2) is 4.79 Å². The van der Waals surface area contributed by atoms with E-state index in [-0.39, 0.29) is 18.2 Å². The first-order valence-electron chi connectivity index (χ1n) is 8.79. The van der Waals surface area contributed by atoms with Crippen LogP contribution in [0.5, 0.6) is 0 Å². The van der Waals surface area contributed by atoms with E-state index in [0.717, 1.165) is 31.2 Å². The zero-order valence-corrected chi connectivity index (χ0v) is 14.6. The van der Waals surface area contributed by atoms with E-state index < -0.39 is 17.6 Å². The number of hydrogen-bond donors (Lipinski definition) is 3. The van der Waals surface area contributed by atoms with Gasteiger partial charge < -0.3 is 15.7 Å². The number of carboxylic acid groups (broad SMARTS) is 1. The number of amides is 2. The first-order valence-corrected chi connectivity index (χ1v) is 8.79. The summed E-state index contributed by atoms with van der Waals surface area (Å²) in [4.78, 5) is 35.9. The van der Waals surface area contributed by atoms with Crippen molar-refractivity contribution in [3.63, 3.8) is 0 Å². The Labute approximate surface area is 148 Å². The molecule has 1 aromatic carbocycles. The molecule has 1 unspecified atom stereocenters. The van der Waals surface area contributed by atoms with Gasteiger partial charge in [0.1, 0.15) is 5.54 Å². The smallest absolute Gasteiger partial charge is 0.329 e. The maximum absolute atomic E-state index is 12.6. The molecule has 0 bridgehead atoms. The van der Waals surface area contributed by atoms with Crippen molar-refractivity contribution in [3.8, 4) is 0 Å². The van der Waals surface area contributed by atoms with Gasteiger partial charge in [-0.05, 0) is 18.4 Å². The minimum Gasteiger partial charge on any atom is -0.480 e. The van der Waals surface area contributed by atoms with E-state index in [1.54, 1.807) is 0 Å². The van der Waals surface area contributed by atoms with E-state index in [2.05, 4.69) is 10.6 Å². The summed E-state index contributed by atoms with van der Waals surface area (Å²) in [5, 5.41) is 15.2. The number of benzene rings is 1. The van der Waals surface area contributed by atoms with Crippen LogP contribution in [-0.2, 0) is 14.4 Å². The van der Waals surface area contributed by atoms with Crippen LogP contribution < -0.4 is 10.6 Å². The topological polar surface area (TPSA) is 95.5 Å². The number of hydrogen-bond acceptors (Lipinski definition) is 3. The summed E-state index contributed by atoms with van der Waals surface area (Å²) in [6.07, 6.45) is 4.47. The lowest BCUT2D eigenvalue weighted by molar-refractivity contribution is -0.148. The monoisotopic (exact) mass is 346 g/mol. The van der Waals surface area contributed by atoms with Gasteiger partial charge in [-0.3, -0.25) is 9.59 Å². The van der Waals surface area contributed by atoms with Crippen molar-refractivity contribution >= 4 is 17.8 Å². The maximum Gasteiger partial charge on any atom is 0.329 e. The Kier molecular flexibility index (Phi) is 6.56. The quantitative estimate of drug-likeness (QED) is 0.690. The summed E-state index contributed by atoms with van der Waals surface area (Å²) in [7, 11) is 0. The van der Waals surface area contributed by atoms with Gasteiger partial charge in [-0.1, -0.05) is 56.0 Å². The van der Waals surface area contributed by atoms with Gasteiger partial charge in [0.2, 0.25) is 11.8 Å². The molecule has 1 aliphatic rings. The zero-order valence-electron chi connectivity index (χ0n) is 14.6. The molecule has 1 saturated carbocycles. The highest BCUT2D eigenvalue weighted by molar-refractivity contribution is 5.87. The molecule has 1 fully saturated rings. The van der Waals surface area contributed by atoms with Gasteiger partial charge in [0.15, 0.2) is 0 Å². The third kappa shape index (κ3) is 5.31. The summed E-state index contributed by atoms with van der Waals surface area (Å²) >= 11 is 0. The van der Waals surface area contributed by atoms with Crippen LogP contribution in [0.15, 0.2) is 30.3 Å². The Morgan fingerprint density at radius 3 is 2.20 bits per heavy atom. The highest BCUT2D eigenvalue weighted by Crippen LogP contribution is 2.28. The second kappa shape index (κ2) is 8.65. The van der Waals surface area contributed by atoms with Crippen molar-refractivity contribution in [2.75, 3.05) is 0 Å². The van der Waals surface area contributed by atoms with E-state index in [0.29, 0.717) is 12.8 Å². The molecular weight excluding hydrogens is 320 g/mol. The van der Waals surface area contributed by atoms with E-state index in [1.807, 2.05) is 30.3 Å². The summed E-state index contributed by atoms with van der Waals surface area (Å²) in [5.74, 6) is -1.56. The molecule has 25 heavy (non-hydrogen) atoms. The van der Waals surface area contributed by atoms with Crippen LogP contribution in [0.2, 0.25) is 0 Å². The molecule has 3 N–H and O–H groups in total. The lowest BCUT2D eigenvalue weighted by Gasteiger charge is -2.30. The first kappa shape index (κ1) is 19.0. The van der Waals surface area contributed by atoms with E-state index in [9.17, 15) is 19.5 Å². The lowest BCUT2D eigenvalue weighted by atomic mass is 9.89. The number of carbonyl (C=O) groups excluding carboxylic acids is 2. The lowest BCUT2D eigenvalue weighted by Crippen LogP contribution is -2.54. The summed E-state index contributed by atoms with van der Waals surface area (Å²) in [5.41, 5.74) is -0.372. The van der Waals surface area contributed by atoms with Gasteiger partial charge in [-0.2, -0.15) is 0 Å². The SMILES string of the molecule is CC(=O)NC(CC(=O)NC1(C(=O)O)CCCCCC1)c1ccccc1. The average molecular weight is 346 g/mol. The predicted molar refractivity (Wildman–Crippen MR) is 93.8 cm³/mol. The third-order valence-corrected chi connectivity index (χ3v) is 4.71. The molecule has 0 saturated heterocycles. The van der Waals surface area contributed by atoms with Crippen molar-refractivity contribution in [1.29, 1.82) is 0 Å². The van der Waals surface area contributed by atoms with Crippen LogP contribution in [0.25, 0.3) is 0 Å². The molecule has 6 nitrogen and oxygen atoms in total. The van der Waals surface area contributed by atoms with E-state index in [1.165, 1.54) is 6.92 Å². The fourth-order valence-electron chi connectivity index (χ4n) is 3.41. The van der Waals surface area contributed by atoms with Crippen LogP contribution in [0.3, 0.4) is 0 Å². The number of nitrogens with one attached hydrogen (secondary N) is 2. The van der Waals surface area contributed by atoms with Crippen molar-refractivity contribution in [1.82, 2.24) is 10.6 Å². The molecule has 1 aliphatic carbocycles. The molecule has 1 aromatic rings. The van der Waals surface area contributed by atoms with E-state index >= 15 is 0 Å². The van der Waals surface area contributed by atoms with Gasteiger partial charge in [0.05, 0.1) is 12.5 Å². The maximum atomic E-state index is 12.6. The molecule has 136 valence electrons. The van der Waals surface area contributed by atoms with Crippen molar-refractivity contribution in [2.24, 2.45) is 0 Å². The zero-order chi connectivity index (χ0) is 18.3. The summed E-state index contributed by atoms with van der Waals surface area (Å²) in [6.45, 7) is 1.40. The normalized spacial score (nSPS) is 17.8. The third-order valence-electron chi connectivity index (χ3n) is 4.71. The number of aliphatic carboxylic acids is 1. The van der Waals surface area contributed by atoms with Crippen LogP contribution in [0, 0.1) is 0 Å². The number of carbonyl (C=O) groups is 3. The van der Waals surface area contributed by atoms with Crippen molar-refractivity contribution in [3.05, 3.63) is 35.9 Å². The molecule has 6 heteroatoms. The Morgan fingerprint density at radius 1 is 1.08 bits per heavy atom.